The van der Waals surface area contributed by atoms with Crippen LogP contribution in [0.25, 0.3) is 0 Å². The van der Waals surface area contributed by atoms with Gasteiger partial charge in [0.25, 0.3) is 0 Å². The zero-order valence-electron chi connectivity index (χ0n) is 22.5. The van der Waals surface area contributed by atoms with Gasteiger partial charge in [0, 0.05) is 11.6 Å². The van der Waals surface area contributed by atoms with Crippen LogP contribution in [0, 0.1) is 0 Å². The van der Waals surface area contributed by atoms with E-state index in [1.165, 1.54) is 0 Å². The number of rotatable bonds is 12. The molecule has 1 aliphatic heterocycles. The summed E-state index contributed by atoms with van der Waals surface area (Å²) in [5, 5.41) is 40.4. The van der Waals surface area contributed by atoms with Crippen molar-refractivity contribution < 1.29 is 38.3 Å². The molecule has 2 aromatic carbocycles. The fourth-order valence-corrected chi connectivity index (χ4v) is 7.14. The van der Waals surface area contributed by atoms with E-state index >= 15 is 0 Å². The molecule has 0 unspecified atom stereocenters. The fraction of sp³-hybridized carbons (Fsp3) is 0.586. The lowest BCUT2D eigenvalue weighted by Gasteiger charge is -2.40. The zero-order chi connectivity index (χ0) is 28.7. The van der Waals surface area contributed by atoms with E-state index in [0.29, 0.717) is 42.3 Å². The predicted octanol–water partition coefficient (Wildman–Crippen LogP) is 2.86. The van der Waals surface area contributed by atoms with Gasteiger partial charge in [-0.25, -0.2) is 13.1 Å². The van der Waals surface area contributed by atoms with Crippen LogP contribution in [0.1, 0.15) is 67.7 Å². The standard InChI is InChI=1S/C29H40ClNO8S/c30-24-13-10-20(29-28(35)27(34)26(33)25(18-32)39-29)17-21(24)16-19-8-11-22(12-9-19)38-15-5-4-14-31-40(36,37)23-6-2-1-3-7-23/h8-13,17,23,25-29,31-35H,1-7,14-16,18H2/t25-,26-,27+,28-,29+/m1/s1. The second-order valence-corrected chi connectivity index (χ2v) is 13.1. The molecular formula is C29H40ClNO8S. The van der Waals surface area contributed by atoms with Crippen LogP contribution in [0.3, 0.4) is 0 Å². The van der Waals surface area contributed by atoms with Crippen LogP contribution in [0.5, 0.6) is 5.75 Å². The minimum atomic E-state index is -3.23. The van der Waals surface area contributed by atoms with Crippen LogP contribution in [-0.2, 0) is 21.2 Å². The molecule has 0 aromatic heterocycles. The Morgan fingerprint density at radius 2 is 1.68 bits per heavy atom. The van der Waals surface area contributed by atoms with Crippen LogP contribution in [0.4, 0.5) is 0 Å². The van der Waals surface area contributed by atoms with Crippen molar-refractivity contribution in [3.63, 3.8) is 0 Å². The van der Waals surface area contributed by atoms with Gasteiger partial charge in [0.2, 0.25) is 10.0 Å². The average Bonchev–Trinajstić information content (AvgIpc) is 2.96. The van der Waals surface area contributed by atoms with Gasteiger partial charge in [0.05, 0.1) is 18.5 Å². The highest BCUT2D eigenvalue weighted by atomic mass is 35.5. The normalized spacial score (nSPS) is 26.1. The summed E-state index contributed by atoms with van der Waals surface area (Å²) in [4.78, 5) is 0. The van der Waals surface area contributed by atoms with Crippen molar-refractivity contribution in [3.8, 4) is 5.75 Å². The van der Waals surface area contributed by atoms with Gasteiger partial charge >= 0.3 is 0 Å². The molecule has 40 heavy (non-hydrogen) atoms. The first-order chi connectivity index (χ1) is 19.2. The molecule has 9 nitrogen and oxygen atoms in total. The Bertz CT molecular complexity index is 1190. The predicted molar refractivity (Wildman–Crippen MR) is 152 cm³/mol. The van der Waals surface area contributed by atoms with Gasteiger partial charge < -0.3 is 29.9 Å². The molecule has 1 saturated carbocycles. The number of aliphatic hydroxyl groups is 4. The van der Waals surface area contributed by atoms with Crippen molar-refractivity contribution in [2.24, 2.45) is 0 Å². The second-order valence-electron chi connectivity index (χ2n) is 10.7. The van der Waals surface area contributed by atoms with Crippen molar-refractivity contribution in [2.75, 3.05) is 19.8 Å². The number of hydrogen-bond acceptors (Lipinski definition) is 8. The molecule has 1 saturated heterocycles. The minimum absolute atomic E-state index is 0.249. The Morgan fingerprint density at radius 3 is 2.38 bits per heavy atom. The molecule has 4 rings (SSSR count). The van der Waals surface area contributed by atoms with Gasteiger partial charge in [0.1, 0.15) is 36.3 Å². The Hall–Kier alpha value is -1.76. The first kappa shape index (κ1) is 31.2. The number of unbranched alkanes of at least 4 members (excludes halogenated alkanes) is 1. The molecule has 1 heterocycles. The molecule has 5 N–H and O–H groups in total. The molecule has 1 aliphatic carbocycles. The summed E-state index contributed by atoms with van der Waals surface area (Å²) < 4.78 is 39.0. The van der Waals surface area contributed by atoms with E-state index in [0.717, 1.165) is 49.7 Å². The van der Waals surface area contributed by atoms with Crippen LogP contribution < -0.4 is 9.46 Å². The highest BCUT2D eigenvalue weighted by Gasteiger charge is 2.44. The average molecular weight is 598 g/mol. The molecule has 5 atom stereocenters. The lowest BCUT2D eigenvalue weighted by molar-refractivity contribution is -0.231. The lowest BCUT2D eigenvalue weighted by Crippen LogP contribution is -2.55. The third-order valence-corrected chi connectivity index (χ3v) is 10.1. The van der Waals surface area contributed by atoms with Crippen molar-refractivity contribution in [1.29, 1.82) is 0 Å². The number of nitrogens with one attached hydrogen (secondary N) is 1. The van der Waals surface area contributed by atoms with E-state index in [1.807, 2.05) is 24.3 Å². The minimum Gasteiger partial charge on any atom is -0.494 e. The maximum absolute atomic E-state index is 12.4. The van der Waals surface area contributed by atoms with E-state index in [1.54, 1.807) is 18.2 Å². The van der Waals surface area contributed by atoms with E-state index < -0.39 is 47.2 Å². The van der Waals surface area contributed by atoms with Crippen molar-refractivity contribution in [3.05, 3.63) is 64.2 Å². The van der Waals surface area contributed by atoms with E-state index in [4.69, 9.17) is 21.1 Å². The van der Waals surface area contributed by atoms with Gasteiger partial charge in [-0.1, -0.05) is 55.1 Å². The van der Waals surface area contributed by atoms with Crippen molar-refractivity contribution in [1.82, 2.24) is 4.72 Å². The van der Waals surface area contributed by atoms with Crippen LogP contribution in [0.2, 0.25) is 5.02 Å². The van der Waals surface area contributed by atoms with Crippen LogP contribution >= 0.6 is 11.6 Å². The maximum Gasteiger partial charge on any atom is 0.214 e. The fourth-order valence-electron chi connectivity index (χ4n) is 5.33. The van der Waals surface area contributed by atoms with Gasteiger partial charge in [-0.15, -0.1) is 0 Å². The highest BCUT2D eigenvalue weighted by Crippen LogP contribution is 2.34. The Balaban J connectivity index is 1.25. The molecule has 2 aliphatic rings. The summed E-state index contributed by atoms with van der Waals surface area (Å²) in [5.41, 5.74) is 2.36. The Labute approximate surface area is 241 Å². The smallest absolute Gasteiger partial charge is 0.214 e. The Kier molecular flexibility index (Phi) is 11.2. The number of hydrogen-bond donors (Lipinski definition) is 5. The second kappa shape index (κ2) is 14.4. The third-order valence-electron chi connectivity index (χ3n) is 7.74. The molecule has 11 heteroatoms. The van der Waals surface area contributed by atoms with E-state index in [9.17, 15) is 28.8 Å². The van der Waals surface area contributed by atoms with Crippen molar-refractivity contribution >= 4 is 21.6 Å². The largest absolute Gasteiger partial charge is 0.494 e. The summed E-state index contributed by atoms with van der Waals surface area (Å²) in [6.45, 7) is 0.414. The molecular weight excluding hydrogens is 558 g/mol. The van der Waals surface area contributed by atoms with Gasteiger partial charge in [-0.3, -0.25) is 0 Å². The lowest BCUT2D eigenvalue weighted by atomic mass is 9.90. The molecule has 222 valence electrons. The SMILES string of the molecule is O=S(=O)(NCCCCOc1ccc(Cc2cc([C@@H]3O[C@H](CO)[C@@H](O)[C@H](O)[C@H]3O)ccc2Cl)cc1)C1CCCCC1. The quantitative estimate of drug-likeness (QED) is 0.235. The third kappa shape index (κ3) is 7.95. The molecule has 2 aromatic rings. The van der Waals surface area contributed by atoms with Crippen LogP contribution in [-0.4, -0.2) is 78.3 Å². The molecule has 0 bridgehead atoms. The summed E-state index contributed by atoms with van der Waals surface area (Å²) >= 11 is 6.44. The molecule has 0 spiro atoms. The van der Waals surface area contributed by atoms with Crippen molar-refractivity contribution in [2.45, 2.75) is 87.1 Å². The van der Waals surface area contributed by atoms with E-state index in [2.05, 4.69) is 4.72 Å². The highest BCUT2D eigenvalue weighted by molar-refractivity contribution is 7.90. The number of sulfonamides is 1. The first-order valence-corrected chi connectivity index (χ1v) is 15.9. The monoisotopic (exact) mass is 597 g/mol. The zero-order valence-corrected chi connectivity index (χ0v) is 24.1. The summed E-state index contributed by atoms with van der Waals surface area (Å²) in [5.74, 6) is 0.715. The number of benzene rings is 2. The summed E-state index contributed by atoms with van der Waals surface area (Å²) in [7, 11) is -3.23. The van der Waals surface area contributed by atoms with Crippen LogP contribution in [0.15, 0.2) is 42.5 Å². The van der Waals surface area contributed by atoms with E-state index in [-0.39, 0.29) is 5.25 Å². The molecule has 0 radical (unpaired) electrons. The molecule has 2 fully saturated rings. The van der Waals surface area contributed by atoms with Gasteiger partial charge in [0.15, 0.2) is 0 Å². The first-order valence-electron chi connectivity index (χ1n) is 14.0. The number of aliphatic hydroxyl groups excluding tert-OH is 4. The summed E-state index contributed by atoms with van der Waals surface area (Å²) in [6.07, 6.45) is 0.404. The van der Waals surface area contributed by atoms with Gasteiger partial charge in [-0.05, 0) is 67.0 Å². The molecule has 0 amide bonds. The summed E-state index contributed by atoms with van der Waals surface area (Å²) in [6, 6.07) is 12.8. The maximum atomic E-state index is 12.4. The topological polar surface area (TPSA) is 146 Å². The Morgan fingerprint density at radius 1 is 0.950 bits per heavy atom. The number of ether oxygens (including phenoxy) is 2. The number of halogens is 1. The van der Waals surface area contributed by atoms with Gasteiger partial charge in [-0.2, -0.15) is 0 Å².